The lowest BCUT2D eigenvalue weighted by atomic mass is 10.1. The zero-order chi connectivity index (χ0) is 17.9. The highest BCUT2D eigenvalue weighted by Gasteiger charge is 2.13. The van der Waals surface area contributed by atoms with Crippen molar-refractivity contribution in [2.45, 2.75) is 6.42 Å². The van der Waals surface area contributed by atoms with Crippen LogP contribution in [-0.4, -0.2) is 25.4 Å². The minimum absolute atomic E-state index is 0.154. The molecule has 0 saturated heterocycles. The highest BCUT2D eigenvalue weighted by molar-refractivity contribution is 9.10. The van der Waals surface area contributed by atoms with Crippen LogP contribution in [0.2, 0.25) is 0 Å². The number of anilines is 1. The summed E-state index contributed by atoms with van der Waals surface area (Å²) in [5.74, 6) is 0.154. The number of hydrogen-bond donors (Lipinski definition) is 2. The van der Waals surface area contributed by atoms with Gasteiger partial charge in [-0.15, -0.1) is 10.2 Å². The highest BCUT2D eigenvalue weighted by atomic mass is 79.9. The first-order valence-electron chi connectivity index (χ1n) is 8.04. The number of nitrogens with zero attached hydrogens (tertiary/aromatic N) is 4. The molecule has 0 aliphatic heterocycles. The van der Waals surface area contributed by atoms with Gasteiger partial charge in [0.05, 0.1) is 17.1 Å². The Morgan fingerprint density at radius 1 is 0.923 bits per heavy atom. The number of nitrogens with two attached hydrogens (primary N) is 1. The number of nitrogen functional groups attached to an aromatic ring is 1. The number of halogens is 1. The van der Waals surface area contributed by atoms with Crippen molar-refractivity contribution in [3.8, 4) is 22.5 Å². The van der Waals surface area contributed by atoms with Crippen molar-refractivity contribution >= 4 is 21.9 Å². The van der Waals surface area contributed by atoms with Crippen LogP contribution in [0.5, 0.6) is 0 Å². The lowest BCUT2D eigenvalue weighted by Crippen LogP contribution is -2.05. The maximum Gasteiger partial charge on any atom is 0.240 e. The summed E-state index contributed by atoms with van der Waals surface area (Å²) in [5.41, 5.74) is 11.0. The van der Waals surface area contributed by atoms with Gasteiger partial charge in [-0.25, -0.2) is 4.98 Å². The van der Waals surface area contributed by atoms with Crippen molar-refractivity contribution in [2.24, 2.45) is 0 Å². The second-order valence-corrected chi connectivity index (χ2v) is 6.71. The van der Waals surface area contributed by atoms with E-state index in [1.807, 2.05) is 60.7 Å². The summed E-state index contributed by atoms with van der Waals surface area (Å²) >= 11 is 3.44. The van der Waals surface area contributed by atoms with Gasteiger partial charge in [0, 0.05) is 27.7 Å². The molecule has 2 aromatic heterocycles. The monoisotopic (exact) mass is 406 g/mol. The van der Waals surface area contributed by atoms with Crippen LogP contribution in [0.15, 0.2) is 65.1 Å². The SMILES string of the molecule is Nc1nnc(Cc2cc(-c3ccccc3)n[nH]2)c(-c2ccc(Br)cc2)n1. The minimum Gasteiger partial charge on any atom is -0.366 e. The molecule has 26 heavy (non-hydrogen) atoms. The summed E-state index contributed by atoms with van der Waals surface area (Å²) in [6, 6.07) is 19.9. The normalized spacial score (nSPS) is 10.8. The third-order valence-electron chi connectivity index (χ3n) is 3.95. The maximum atomic E-state index is 5.75. The van der Waals surface area contributed by atoms with Gasteiger partial charge >= 0.3 is 0 Å². The van der Waals surface area contributed by atoms with E-state index in [0.717, 1.165) is 38.4 Å². The molecule has 0 bridgehead atoms. The zero-order valence-electron chi connectivity index (χ0n) is 13.7. The Morgan fingerprint density at radius 3 is 2.46 bits per heavy atom. The van der Waals surface area contributed by atoms with E-state index >= 15 is 0 Å². The van der Waals surface area contributed by atoms with Gasteiger partial charge in [-0.1, -0.05) is 58.4 Å². The van der Waals surface area contributed by atoms with Gasteiger partial charge in [-0.3, -0.25) is 5.10 Å². The number of benzene rings is 2. The van der Waals surface area contributed by atoms with Gasteiger partial charge in [-0.2, -0.15) is 5.10 Å². The fourth-order valence-corrected chi connectivity index (χ4v) is 2.97. The summed E-state index contributed by atoms with van der Waals surface area (Å²) in [5, 5.41) is 15.6. The van der Waals surface area contributed by atoms with Gasteiger partial charge in [-0.05, 0) is 18.2 Å². The minimum atomic E-state index is 0.154. The Hall–Kier alpha value is -3.06. The fraction of sp³-hybridized carbons (Fsp3) is 0.0526. The Labute approximate surface area is 158 Å². The molecule has 7 heteroatoms. The lowest BCUT2D eigenvalue weighted by molar-refractivity contribution is 0.886. The van der Waals surface area contributed by atoms with Crippen molar-refractivity contribution in [3.63, 3.8) is 0 Å². The Balaban J connectivity index is 1.67. The van der Waals surface area contributed by atoms with Gasteiger partial charge in [0.15, 0.2) is 0 Å². The summed E-state index contributed by atoms with van der Waals surface area (Å²) < 4.78 is 0.999. The first-order chi connectivity index (χ1) is 12.7. The maximum absolute atomic E-state index is 5.75. The molecule has 0 unspecified atom stereocenters. The molecule has 0 radical (unpaired) electrons. The van der Waals surface area contributed by atoms with E-state index in [9.17, 15) is 0 Å². The topological polar surface area (TPSA) is 93.4 Å². The predicted octanol–water partition coefficient (Wildman–Crippen LogP) is 3.86. The molecular formula is C19H15BrN6. The molecule has 0 saturated carbocycles. The average Bonchev–Trinajstić information content (AvgIpc) is 3.13. The second kappa shape index (κ2) is 7.05. The molecule has 0 atom stereocenters. The van der Waals surface area contributed by atoms with Gasteiger partial charge in [0.25, 0.3) is 0 Å². The third kappa shape index (κ3) is 3.48. The first-order valence-corrected chi connectivity index (χ1v) is 8.83. The smallest absolute Gasteiger partial charge is 0.240 e. The summed E-state index contributed by atoms with van der Waals surface area (Å²) in [6.07, 6.45) is 0.533. The Bertz CT molecular complexity index is 1030. The van der Waals surface area contributed by atoms with E-state index in [2.05, 4.69) is 41.3 Å². The third-order valence-corrected chi connectivity index (χ3v) is 4.48. The number of aromatic amines is 1. The van der Waals surface area contributed by atoms with Gasteiger partial charge in [0.2, 0.25) is 5.95 Å². The van der Waals surface area contributed by atoms with Crippen molar-refractivity contribution in [1.82, 2.24) is 25.4 Å². The molecule has 0 fully saturated rings. The largest absolute Gasteiger partial charge is 0.366 e. The van der Waals surface area contributed by atoms with E-state index in [1.165, 1.54) is 0 Å². The number of rotatable bonds is 4. The van der Waals surface area contributed by atoms with Crippen molar-refractivity contribution in [2.75, 3.05) is 5.73 Å². The fourth-order valence-electron chi connectivity index (χ4n) is 2.71. The van der Waals surface area contributed by atoms with E-state index in [1.54, 1.807) is 0 Å². The van der Waals surface area contributed by atoms with Crippen molar-refractivity contribution < 1.29 is 0 Å². The van der Waals surface area contributed by atoms with E-state index < -0.39 is 0 Å². The molecule has 6 nitrogen and oxygen atoms in total. The summed E-state index contributed by atoms with van der Waals surface area (Å²) in [6.45, 7) is 0. The lowest BCUT2D eigenvalue weighted by Gasteiger charge is -2.07. The van der Waals surface area contributed by atoms with E-state index in [4.69, 9.17) is 5.73 Å². The number of H-pyrrole nitrogens is 1. The summed E-state index contributed by atoms with van der Waals surface area (Å²) in [4.78, 5) is 4.39. The molecule has 2 heterocycles. The molecule has 0 aliphatic rings. The van der Waals surface area contributed by atoms with Crippen LogP contribution in [-0.2, 0) is 6.42 Å². The average molecular weight is 407 g/mol. The Kier molecular flexibility index (Phi) is 4.45. The van der Waals surface area contributed by atoms with Crippen molar-refractivity contribution in [1.29, 1.82) is 0 Å². The molecule has 3 N–H and O–H groups in total. The molecule has 0 aliphatic carbocycles. The second-order valence-electron chi connectivity index (χ2n) is 5.79. The molecular weight excluding hydrogens is 392 g/mol. The zero-order valence-corrected chi connectivity index (χ0v) is 15.3. The van der Waals surface area contributed by atoms with E-state index in [-0.39, 0.29) is 5.95 Å². The van der Waals surface area contributed by atoms with Crippen molar-refractivity contribution in [3.05, 3.63) is 76.5 Å². The summed E-state index contributed by atoms with van der Waals surface area (Å²) in [7, 11) is 0. The van der Waals surface area contributed by atoms with Crippen LogP contribution >= 0.6 is 15.9 Å². The van der Waals surface area contributed by atoms with Crippen LogP contribution in [0, 0.1) is 0 Å². The molecule has 4 aromatic rings. The standard InChI is InChI=1S/C19H15BrN6/c20-14-8-6-13(7-9-14)18-17(25-26-19(21)22-18)11-15-10-16(24-23-15)12-4-2-1-3-5-12/h1-10H,11H2,(H,23,24)(H2,21,22,26). The molecule has 4 rings (SSSR count). The van der Waals surface area contributed by atoms with Gasteiger partial charge in [0.1, 0.15) is 0 Å². The quantitative estimate of drug-likeness (QED) is 0.536. The molecule has 128 valence electrons. The number of nitrogens with one attached hydrogen (secondary N) is 1. The van der Waals surface area contributed by atoms with Crippen LogP contribution < -0.4 is 5.73 Å². The van der Waals surface area contributed by atoms with Crippen LogP contribution in [0.25, 0.3) is 22.5 Å². The number of aromatic nitrogens is 5. The molecule has 0 spiro atoms. The van der Waals surface area contributed by atoms with Gasteiger partial charge < -0.3 is 5.73 Å². The number of hydrogen-bond acceptors (Lipinski definition) is 5. The molecule has 2 aromatic carbocycles. The van der Waals surface area contributed by atoms with Crippen LogP contribution in [0.1, 0.15) is 11.4 Å². The first kappa shape index (κ1) is 16.4. The van der Waals surface area contributed by atoms with Crippen LogP contribution in [0.3, 0.4) is 0 Å². The Morgan fingerprint density at radius 2 is 1.69 bits per heavy atom. The predicted molar refractivity (Wildman–Crippen MR) is 104 cm³/mol. The van der Waals surface area contributed by atoms with E-state index in [0.29, 0.717) is 6.42 Å². The molecule has 0 amide bonds. The van der Waals surface area contributed by atoms with Crippen LogP contribution in [0.4, 0.5) is 5.95 Å². The highest BCUT2D eigenvalue weighted by Crippen LogP contribution is 2.25.